The van der Waals surface area contributed by atoms with E-state index in [9.17, 15) is 17.6 Å². The first-order chi connectivity index (χ1) is 8.38. The SMILES string of the molecule is NCC(OCC(F)(F)C(F)F)c1ccccc1Br. The molecule has 0 amide bonds. The average molecular weight is 330 g/mol. The monoisotopic (exact) mass is 329 g/mol. The van der Waals surface area contributed by atoms with Crippen LogP contribution in [0, 0.1) is 0 Å². The Morgan fingerprint density at radius 2 is 1.89 bits per heavy atom. The standard InChI is InChI=1S/C11H12BrF4NO/c12-8-4-2-1-3-7(8)9(5-17)18-6-11(15,16)10(13)14/h1-4,9-10H,5-6,17H2. The second-order valence-corrected chi connectivity index (χ2v) is 4.47. The van der Waals surface area contributed by atoms with E-state index in [1.54, 1.807) is 24.3 Å². The van der Waals surface area contributed by atoms with Gasteiger partial charge in [-0.15, -0.1) is 0 Å². The van der Waals surface area contributed by atoms with Gasteiger partial charge in [-0.2, -0.15) is 8.78 Å². The molecule has 1 unspecified atom stereocenters. The summed E-state index contributed by atoms with van der Waals surface area (Å²) in [6.45, 7) is -1.45. The fourth-order valence-electron chi connectivity index (χ4n) is 1.30. The van der Waals surface area contributed by atoms with Gasteiger partial charge in [-0.05, 0) is 11.6 Å². The van der Waals surface area contributed by atoms with Gasteiger partial charge < -0.3 is 10.5 Å². The highest BCUT2D eigenvalue weighted by Gasteiger charge is 2.41. The number of alkyl halides is 4. The normalized spacial score (nSPS) is 13.9. The molecule has 0 aliphatic rings. The molecule has 2 nitrogen and oxygen atoms in total. The number of ether oxygens (including phenoxy) is 1. The van der Waals surface area contributed by atoms with Crippen molar-refractivity contribution < 1.29 is 22.3 Å². The summed E-state index contributed by atoms with van der Waals surface area (Å²) in [5.74, 6) is -4.17. The van der Waals surface area contributed by atoms with Gasteiger partial charge in [0.05, 0.1) is 6.10 Å². The Bertz CT molecular complexity index is 389. The van der Waals surface area contributed by atoms with Gasteiger partial charge in [-0.3, -0.25) is 0 Å². The van der Waals surface area contributed by atoms with Gasteiger partial charge in [0.25, 0.3) is 0 Å². The largest absolute Gasteiger partial charge is 0.366 e. The van der Waals surface area contributed by atoms with Crippen LogP contribution >= 0.6 is 15.9 Å². The molecule has 0 aromatic heterocycles. The quantitative estimate of drug-likeness (QED) is 0.812. The van der Waals surface area contributed by atoms with Gasteiger partial charge in [0.1, 0.15) is 6.61 Å². The van der Waals surface area contributed by atoms with Crippen LogP contribution in [0.4, 0.5) is 17.6 Å². The fraction of sp³-hybridized carbons (Fsp3) is 0.455. The van der Waals surface area contributed by atoms with Crippen molar-refractivity contribution in [1.29, 1.82) is 0 Å². The molecule has 0 spiro atoms. The van der Waals surface area contributed by atoms with Crippen molar-refractivity contribution in [3.63, 3.8) is 0 Å². The molecule has 0 aliphatic heterocycles. The van der Waals surface area contributed by atoms with Crippen molar-refractivity contribution in [1.82, 2.24) is 0 Å². The molecule has 1 atom stereocenters. The van der Waals surface area contributed by atoms with E-state index in [0.29, 0.717) is 10.0 Å². The molecule has 1 aromatic carbocycles. The smallest absolute Gasteiger partial charge is 0.330 e. The van der Waals surface area contributed by atoms with Crippen LogP contribution in [0.2, 0.25) is 0 Å². The lowest BCUT2D eigenvalue weighted by molar-refractivity contribution is -0.175. The summed E-state index contributed by atoms with van der Waals surface area (Å²) in [5.41, 5.74) is 5.95. The minimum Gasteiger partial charge on any atom is -0.366 e. The van der Waals surface area contributed by atoms with Crippen molar-refractivity contribution >= 4 is 15.9 Å². The van der Waals surface area contributed by atoms with Crippen LogP contribution in [-0.2, 0) is 4.74 Å². The van der Waals surface area contributed by atoms with Gasteiger partial charge in [0.15, 0.2) is 0 Å². The van der Waals surface area contributed by atoms with E-state index in [1.807, 2.05) is 0 Å². The Hall–Kier alpha value is -0.660. The maximum atomic E-state index is 12.7. The van der Waals surface area contributed by atoms with E-state index in [2.05, 4.69) is 15.9 Å². The van der Waals surface area contributed by atoms with E-state index in [-0.39, 0.29) is 6.54 Å². The summed E-state index contributed by atoms with van der Waals surface area (Å²) in [7, 11) is 0. The van der Waals surface area contributed by atoms with Crippen LogP contribution in [-0.4, -0.2) is 25.5 Å². The first kappa shape index (κ1) is 15.4. The number of benzene rings is 1. The molecule has 0 saturated carbocycles. The van der Waals surface area contributed by atoms with E-state index in [1.165, 1.54) is 0 Å². The van der Waals surface area contributed by atoms with Crippen LogP contribution in [0.15, 0.2) is 28.7 Å². The third kappa shape index (κ3) is 3.93. The minimum atomic E-state index is -4.17. The second kappa shape index (κ2) is 6.49. The molecule has 0 fully saturated rings. The summed E-state index contributed by atoms with van der Waals surface area (Å²) in [6, 6.07) is 6.72. The molecular formula is C11H12BrF4NO. The van der Waals surface area contributed by atoms with E-state index < -0.39 is 25.1 Å². The molecule has 1 aromatic rings. The zero-order valence-electron chi connectivity index (χ0n) is 9.25. The Balaban J connectivity index is 2.72. The average Bonchev–Trinajstić information content (AvgIpc) is 2.31. The predicted octanol–water partition coefficient (Wildman–Crippen LogP) is 3.37. The van der Waals surface area contributed by atoms with Crippen molar-refractivity contribution in [3.8, 4) is 0 Å². The van der Waals surface area contributed by atoms with Crippen LogP contribution in [0.25, 0.3) is 0 Å². The molecule has 1 rings (SSSR count). The zero-order chi connectivity index (χ0) is 13.8. The van der Waals surface area contributed by atoms with E-state index in [4.69, 9.17) is 10.5 Å². The topological polar surface area (TPSA) is 35.2 Å². The number of hydrogen-bond donors (Lipinski definition) is 1. The molecule has 0 bridgehead atoms. The Labute approximate surface area is 110 Å². The van der Waals surface area contributed by atoms with Crippen LogP contribution in [0.5, 0.6) is 0 Å². The second-order valence-electron chi connectivity index (χ2n) is 3.62. The number of nitrogens with two attached hydrogens (primary N) is 1. The molecule has 0 saturated heterocycles. The highest BCUT2D eigenvalue weighted by Crippen LogP contribution is 2.29. The summed E-state index contributed by atoms with van der Waals surface area (Å²) in [4.78, 5) is 0. The van der Waals surface area contributed by atoms with Gasteiger partial charge in [-0.1, -0.05) is 34.1 Å². The van der Waals surface area contributed by atoms with E-state index >= 15 is 0 Å². The highest BCUT2D eigenvalue weighted by atomic mass is 79.9. The Kier molecular flexibility index (Phi) is 5.55. The molecule has 102 valence electrons. The maximum absolute atomic E-state index is 12.7. The molecule has 7 heteroatoms. The summed E-state index contributed by atoms with van der Waals surface area (Å²) >= 11 is 3.22. The highest BCUT2D eigenvalue weighted by molar-refractivity contribution is 9.10. The lowest BCUT2D eigenvalue weighted by Crippen LogP contribution is -2.34. The van der Waals surface area contributed by atoms with Gasteiger partial charge in [0.2, 0.25) is 0 Å². The van der Waals surface area contributed by atoms with Gasteiger partial charge in [0, 0.05) is 11.0 Å². The molecule has 0 radical (unpaired) electrons. The van der Waals surface area contributed by atoms with E-state index in [0.717, 1.165) is 0 Å². The van der Waals surface area contributed by atoms with Gasteiger partial charge >= 0.3 is 12.3 Å². The van der Waals surface area contributed by atoms with Crippen molar-refractivity contribution in [2.24, 2.45) is 5.73 Å². The Morgan fingerprint density at radius 3 is 2.39 bits per heavy atom. The zero-order valence-corrected chi connectivity index (χ0v) is 10.8. The lowest BCUT2D eigenvalue weighted by atomic mass is 10.1. The predicted molar refractivity (Wildman–Crippen MR) is 62.8 cm³/mol. The molecule has 18 heavy (non-hydrogen) atoms. The third-order valence-electron chi connectivity index (χ3n) is 2.26. The van der Waals surface area contributed by atoms with Crippen molar-refractivity contribution in [2.45, 2.75) is 18.5 Å². The van der Waals surface area contributed by atoms with Crippen molar-refractivity contribution in [3.05, 3.63) is 34.3 Å². The summed E-state index contributed by atoms with van der Waals surface area (Å²) in [5, 5.41) is 0. The van der Waals surface area contributed by atoms with Crippen LogP contribution in [0.1, 0.15) is 11.7 Å². The Morgan fingerprint density at radius 1 is 1.28 bits per heavy atom. The number of halogens is 5. The molecule has 0 aliphatic carbocycles. The van der Waals surface area contributed by atoms with Crippen LogP contribution in [0.3, 0.4) is 0 Å². The fourth-order valence-corrected chi connectivity index (χ4v) is 1.84. The third-order valence-corrected chi connectivity index (χ3v) is 2.98. The molecule has 0 heterocycles. The number of rotatable bonds is 6. The molecule has 2 N–H and O–H groups in total. The molecular weight excluding hydrogens is 318 g/mol. The first-order valence-corrected chi connectivity index (χ1v) is 5.90. The van der Waals surface area contributed by atoms with Gasteiger partial charge in [-0.25, -0.2) is 8.78 Å². The van der Waals surface area contributed by atoms with Crippen LogP contribution < -0.4 is 5.73 Å². The summed E-state index contributed by atoms with van der Waals surface area (Å²) < 4.78 is 54.8. The van der Waals surface area contributed by atoms with Crippen molar-refractivity contribution in [2.75, 3.05) is 13.2 Å². The first-order valence-electron chi connectivity index (χ1n) is 5.10. The maximum Gasteiger partial charge on any atom is 0.330 e. The summed E-state index contributed by atoms with van der Waals surface area (Å²) in [6.07, 6.45) is -4.61. The number of hydrogen-bond acceptors (Lipinski definition) is 2. The minimum absolute atomic E-state index is 0.0814. The lowest BCUT2D eigenvalue weighted by Gasteiger charge is -2.21.